The summed E-state index contributed by atoms with van der Waals surface area (Å²) in [7, 11) is 0. The van der Waals surface area contributed by atoms with Gasteiger partial charge < -0.3 is 9.64 Å². The van der Waals surface area contributed by atoms with E-state index in [1.54, 1.807) is 36.4 Å². The molecule has 1 saturated heterocycles. The van der Waals surface area contributed by atoms with E-state index >= 15 is 0 Å². The number of hydrogen-bond donors (Lipinski definition) is 0. The molecular weight excluding hydrogens is 348 g/mol. The summed E-state index contributed by atoms with van der Waals surface area (Å²) in [4.78, 5) is 43.5. The molecule has 1 aromatic heterocycles. The number of ether oxygens (including phenoxy) is 1. The van der Waals surface area contributed by atoms with E-state index < -0.39 is 11.8 Å². The van der Waals surface area contributed by atoms with Gasteiger partial charge in [0, 0.05) is 6.20 Å². The predicted molar refractivity (Wildman–Crippen MR) is 91.8 cm³/mol. The Morgan fingerprint density at radius 2 is 1.81 bits per heavy atom. The third-order valence-electron chi connectivity index (χ3n) is 4.54. The highest BCUT2D eigenvalue weighted by molar-refractivity contribution is 6.22. The average Bonchev–Trinajstić information content (AvgIpc) is 2.89. The number of amides is 3. The number of hydrogen-bond acceptors (Lipinski definition) is 6. The lowest BCUT2D eigenvalue weighted by molar-refractivity contribution is -0.140. The van der Waals surface area contributed by atoms with Crippen LogP contribution in [-0.4, -0.2) is 58.2 Å². The van der Waals surface area contributed by atoms with Crippen molar-refractivity contribution in [3.63, 3.8) is 0 Å². The Bertz CT molecular complexity index is 956. The molecule has 4 rings (SSSR count). The van der Waals surface area contributed by atoms with Crippen LogP contribution in [0.1, 0.15) is 26.3 Å². The van der Waals surface area contributed by atoms with Crippen molar-refractivity contribution in [2.45, 2.75) is 6.10 Å². The number of nitrogens with zero attached hydrogens (tertiary/aromatic N) is 4. The summed E-state index contributed by atoms with van der Waals surface area (Å²) >= 11 is 0. The molecular formula is C19H14N4O4. The quantitative estimate of drug-likeness (QED) is 0.747. The molecule has 134 valence electrons. The Morgan fingerprint density at radius 3 is 2.44 bits per heavy atom. The number of rotatable bonds is 4. The van der Waals surface area contributed by atoms with Crippen LogP contribution in [0, 0.1) is 11.3 Å². The third-order valence-corrected chi connectivity index (χ3v) is 4.54. The fraction of sp³-hybridized carbons (Fsp3) is 0.211. The van der Waals surface area contributed by atoms with E-state index in [4.69, 9.17) is 10.00 Å². The number of nitriles is 1. The first-order chi connectivity index (χ1) is 13.1. The maximum Gasteiger partial charge on any atom is 0.262 e. The molecule has 3 amide bonds. The zero-order valence-corrected chi connectivity index (χ0v) is 14.2. The number of fused-ring (bicyclic) bond motifs is 1. The molecule has 0 unspecified atom stereocenters. The molecule has 0 atom stereocenters. The van der Waals surface area contributed by atoms with Crippen molar-refractivity contribution >= 4 is 17.7 Å². The number of carbonyl (C=O) groups is 3. The van der Waals surface area contributed by atoms with Gasteiger partial charge in [0.1, 0.15) is 24.3 Å². The van der Waals surface area contributed by atoms with E-state index in [0.717, 1.165) is 4.90 Å². The fourth-order valence-corrected chi connectivity index (χ4v) is 3.06. The monoisotopic (exact) mass is 362 g/mol. The van der Waals surface area contributed by atoms with Crippen LogP contribution >= 0.6 is 0 Å². The summed E-state index contributed by atoms with van der Waals surface area (Å²) in [6.45, 7) is 0.318. The van der Waals surface area contributed by atoms with Crippen molar-refractivity contribution in [3.8, 4) is 11.9 Å². The highest BCUT2D eigenvalue weighted by Crippen LogP contribution is 2.24. The van der Waals surface area contributed by atoms with Gasteiger partial charge in [0.15, 0.2) is 0 Å². The lowest BCUT2D eigenvalue weighted by Crippen LogP contribution is -2.58. The summed E-state index contributed by atoms with van der Waals surface area (Å²) in [5, 5.41) is 9.04. The fourth-order valence-electron chi connectivity index (χ4n) is 3.06. The molecule has 1 fully saturated rings. The molecule has 2 aromatic rings. The van der Waals surface area contributed by atoms with Crippen molar-refractivity contribution in [1.29, 1.82) is 5.26 Å². The van der Waals surface area contributed by atoms with Gasteiger partial charge in [0.25, 0.3) is 11.8 Å². The summed E-state index contributed by atoms with van der Waals surface area (Å²) < 4.78 is 5.64. The molecule has 0 radical (unpaired) electrons. The van der Waals surface area contributed by atoms with E-state index in [1.807, 2.05) is 6.07 Å². The van der Waals surface area contributed by atoms with Gasteiger partial charge in [-0.3, -0.25) is 19.3 Å². The molecule has 0 spiro atoms. The molecule has 8 heteroatoms. The van der Waals surface area contributed by atoms with Crippen LogP contribution in [0.4, 0.5) is 0 Å². The van der Waals surface area contributed by atoms with Gasteiger partial charge in [-0.25, -0.2) is 4.98 Å². The van der Waals surface area contributed by atoms with Crippen LogP contribution in [0.25, 0.3) is 0 Å². The van der Waals surface area contributed by atoms with Crippen molar-refractivity contribution in [2.24, 2.45) is 0 Å². The number of pyridine rings is 1. The number of imide groups is 1. The first kappa shape index (κ1) is 16.7. The van der Waals surface area contributed by atoms with Gasteiger partial charge in [0.05, 0.1) is 24.2 Å². The minimum absolute atomic E-state index is 0.234. The maximum absolute atomic E-state index is 12.4. The largest absolute Gasteiger partial charge is 0.470 e. The number of aromatic nitrogens is 1. The standard InChI is InChI=1S/C19H14N4O4/c20-8-12-4-3-7-21-17(12)27-13-9-22(10-13)16(24)11-23-18(25)14-5-1-2-6-15(14)19(23)26/h1-7,13H,9-11H2. The number of carbonyl (C=O) groups excluding carboxylic acids is 3. The first-order valence-electron chi connectivity index (χ1n) is 8.33. The second-order valence-electron chi connectivity index (χ2n) is 6.25. The second-order valence-corrected chi connectivity index (χ2v) is 6.25. The molecule has 8 nitrogen and oxygen atoms in total. The summed E-state index contributed by atoms with van der Waals surface area (Å²) in [6, 6.07) is 11.8. The average molecular weight is 362 g/mol. The lowest BCUT2D eigenvalue weighted by Gasteiger charge is -2.39. The normalized spacial score (nSPS) is 16.0. The predicted octanol–water partition coefficient (Wildman–Crippen LogP) is 0.839. The van der Waals surface area contributed by atoms with Crippen LogP contribution in [-0.2, 0) is 4.79 Å². The molecule has 0 N–H and O–H groups in total. The van der Waals surface area contributed by atoms with Crippen LogP contribution < -0.4 is 4.74 Å². The van der Waals surface area contributed by atoms with Gasteiger partial charge in [-0.1, -0.05) is 12.1 Å². The number of likely N-dealkylation sites (tertiary alicyclic amines) is 1. The Morgan fingerprint density at radius 1 is 1.15 bits per heavy atom. The Hall–Kier alpha value is -3.73. The third kappa shape index (κ3) is 2.89. The summed E-state index contributed by atoms with van der Waals surface area (Å²) in [5.74, 6) is -1.00. The Kier molecular flexibility index (Phi) is 4.05. The maximum atomic E-state index is 12.4. The van der Waals surface area contributed by atoms with Gasteiger partial charge >= 0.3 is 0 Å². The molecule has 0 bridgehead atoms. The molecule has 0 aliphatic carbocycles. The molecule has 2 aliphatic heterocycles. The summed E-state index contributed by atoms with van der Waals surface area (Å²) in [5.41, 5.74) is 0.965. The van der Waals surface area contributed by atoms with Crippen LogP contribution in [0.15, 0.2) is 42.6 Å². The smallest absolute Gasteiger partial charge is 0.262 e. The highest BCUT2D eigenvalue weighted by Gasteiger charge is 2.39. The second kappa shape index (κ2) is 6.53. The summed E-state index contributed by atoms with van der Waals surface area (Å²) in [6.07, 6.45) is 1.25. The molecule has 2 aliphatic rings. The molecule has 0 saturated carbocycles. The van der Waals surface area contributed by atoms with Crippen molar-refractivity contribution in [1.82, 2.24) is 14.8 Å². The Balaban J connectivity index is 1.35. The lowest BCUT2D eigenvalue weighted by atomic mass is 10.1. The van der Waals surface area contributed by atoms with Crippen LogP contribution in [0.2, 0.25) is 0 Å². The highest BCUT2D eigenvalue weighted by atomic mass is 16.5. The SMILES string of the molecule is N#Cc1cccnc1OC1CN(C(=O)CN2C(=O)c3ccccc3C2=O)C1. The topological polar surface area (TPSA) is 104 Å². The van der Waals surface area contributed by atoms with Gasteiger partial charge in [-0.15, -0.1) is 0 Å². The molecule has 1 aromatic carbocycles. The zero-order valence-electron chi connectivity index (χ0n) is 14.2. The van der Waals surface area contributed by atoms with Crippen molar-refractivity contribution in [3.05, 3.63) is 59.3 Å². The van der Waals surface area contributed by atoms with E-state index in [1.165, 1.54) is 11.1 Å². The van der Waals surface area contributed by atoms with E-state index in [9.17, 15) is 14.4 Å². The molecule has 3 heterocycles. The minimum atomic E-state index is -0.454. The Labute approximate surface area is 154 Å². The van der Waals surface area contributed by atoms with Gasteiger partial charge in [0.2, 0.25) is 11.8 Å². The van der Waals surface area contributed by atoms with E-state index in [2.05, 4.69) is 4.98 Å². The van der Waals surface area contributed by atoms with Gasteiger partial charge in [-0.2, -0.15) is 5.26 Å². The van der Waals surface area contributed by atoms with Gasteiger partial charge in [-0.05, 0) is 24.3 Å². The van der Waals surface area contributed by atoms with Crippen molar-refractivity contribution < 1.29 is 19.1 Å². The van der Waals surface area contributed by atoms with Crippen LogP contribution in [0.3, 0.4) is 0 Å². The molecule has 27 heavy (non-hydrogen) atoms. The minimum Gasteiger partial charge on any atom is -0.470 e. The zero-order chi connectivity index (χ0) is 19.0. The number of benzene rings is 1. The first-order valence-corrected chi connectivity index (χ1v) is 8.33. The van der Waals surface area contributed by atoms with E-state index in [-0.39, 0.29) is 24.4 Å². The van der Waals surface area contributed by atoms with E-state index in [0.29, 0.717) is 29.8 Å². The van der Waals surface area contributed by atoms with Crippen LogP contribution in [0.5, 0.6) is 5.88 Å². The van der Waals surface area contributed by atoms with Crippen molar-refractivity contribution in [2.75, 3.05) is 19.6 Å².